The molecule has 3 aromatic rings. The minimum absolute atomic E-state index is 0.0114. The van der Waals surface area contributed by atoms with Crippen molar-refractivity contribution in [3.63, 3.8) is 0 Å². The molecule has 0 spiro atoms. The van der Waals surface area contributed by atoms with E-state index in [0.717, 1.165) is 12.1 Å². The van der Waals surface area contributed by atoms with E-state index in [4.69, 9.17) is 11.6 Å². The molecule has 3 rings (SSSR count). The summed E-state index contributed by atoms with van der Waals surface area (Å²) in [6.07, 6.45) is 0.618. The molecule has 0 atom stereocenters. The Labute approximate surface area is 158 Å². The summed E-state index contributed by atoms with van der Waals surface area (Å²) >= 11 is 5.95. The number of nitrogens with zero attached hydrogens (tertiary/aromatic N) is 2. The first-order chi connectivity index (χ1) is 12.9. The van der Waals surface area contributed by atoms with Gasteiger partial charge in [0.2, 0.25) is 0 Å². The van der Waals surface area contributed by atoms with Crippen LogP contribution in [-0.2, 0) is 6.54 Å². The van der Waals surface area contributed by atoms with E-state index in [1.807, 2.05) is 6.92 Å². The number of rotatable bonds is 5. The fourth-order valence-corrected chi connectivity index (χ4v) is 2.97. The average molecular weight is 392 g/mol. The number of fused-ring (bicyclic) bond motifs is 1. The Morgan fingerprint density at radius 1 is 1.19 bits per heavy atom. The van der Waals surface area contributed by atoms with Gasteiger partial charge in [0.25, 0.3) is 11.5 Å². The summed E-state index contributed by atoms with van der Waals surface area (Å²) in [6.45, 7) is 2.18. The highest BCUT2D eigenvalue weighted by Crippen LogP contribution is 2.16. The Morgan fingerprint density at radius 2 is 1.89 bits per heavy atom. The van der Waals surface area contributed by atoms with Crippen molar-refractivity contribution in [2.45, 2.75) is 19.9 Å². The van der Waals surface area contributed by atoms with Crippen LogP contribution in [0.5, 0.6) is 0 Å². The molecule has 8 heteroatoms. The highest BCUT2D eigenvalue weighted by Gasteiger charge is 2.18. The molecule has 5 nitrogen and oxygen atoms in total. The molecule has 0 unspecified atom stereocenters. The molecular weight excluding hydrogens is 376 g/mol. The minimum atomic E-state index is -0.832. The molecule has 0 saturated heterocycles. The van der Waals surface area contributed by atoms with Gasteiger partial charge in [-0.15, -0.1) is 0 Å². The van der Waals surface area contributed by atoms with Crippen LogP contribution < -0.4 is 5.56 Å². The summed E-state index contributed by atoms with van der Waals surface area (Å²) in [6, 6.07) is 7.37. The van der Waals surface area contributed by atoms with E-state index in [1.165, 1.54) is 4.90 Å². The van der Waals surface area contributed by atoms with E-state index in [0.29, 0.717) is 35.0 Å². The summed E-state index contributed by atoms with van der Waals surface area (Å²) < 4.78 is 26.9. The predicted molar refractivity (Wildman–Crippen MR) is 98.8 cm³/mol. The van der Waals surface area contributed by atoms with E-state index in [1.54, 1.807) is 18.2 Å². The van der Waals surface area contributed by atoms with Gasteiger partial charge in [-0.2, -0.15) is 0 Å². The monoisotopic (exact) mass is 391 g/mol. The van der Waals surface area contributed by atoms with Gasteiger partial charge in [0, 0.05) is 23.2 Å². The van der Waals surface area contributed by atoms with Crippen molar-refractivity contribution in [2.24, 2.45) is 0 Å². The zero-order chi connectivity index (χ0) is 19.6. The maximum atomic E-state index is 13.4. The Morgan fingerprint density at radius 3 is 2.56 bits per heavy atom. The van der Waals surface area contributed by atoms with Crippen LogP contribution in [0.3, 0.4) is 0 Å². The molecule has 0 aliphatic carbocycles. The van der Waals surface area contributed by atoms with E-state index in [2.05, 4.69) is 9.97 Å². The summed E-state index contributed by atoms with van der Waals surface area (Å²) in [7, 11) is 0. The van der Waals surface area contributed by atoms with Crippen molar-refractivity contribution in [3.05, 3.63) is 74.8 Å². The molecule has 0 aliphatic heterocycles. The molecule has 1 heterocycles. The molecule has 0 saturated carbocycles. The van der Waals surface area contributed by atoms with Crippen molar-refractivity contribution < 1.29 is 13.6 Å². The number of aromatic nitrogens is 2. The van der Waals surface area contributed by atoms with Gasteiger partial charge in [-0.25, -0.2) is 13.8 Å². The van der Waals surface area contributed by atoms with Crippen LogP contribution in [-0.4, -0.2) is 27.3 Å². The number of hydrogen-bond acceptors (Lipinski definition) is 3. The Kier molecular flexibility index (Phi) is 5.51. The average Bonchev–Trinajstić information content (AvgIpc) is 2.59. The van der Waals surface area contributed by atoms with Crippen LogP contribution in [0.15, 0.2) is 41.2 Å². The fraction of sp³-hybridized carbons (Fsp3) is 0.211. The van der Waals surface area contributed by atoms with E-state index in [-0.39, 0.29) is 23.5 Å². The van der Waals surface area contributed by atoms with Crippen LogP contribution in [0.1, 0.15) is 29.5 Å². The lowest BCUT2D eigenvalue weighted by molar-refractivity contribution is 0.0738. The van der Waals surface area contributed by atoms with Crippen LogP contribution in [0.2, 0.25) is 5.02 Å². The second-order valence-corrected chi connectivity index (χ2v) is 6.50. The molecule has 1 N–H and O–H groups in total. The Balaban J connectivity index is 1.95. The standard InChI is InChI=1S/C19H16ClF2N3O2/c1-2-5-25(19(27)11-6-13(21)9-14(22)7-11)10-17-23-16-8-12(20)3-4-15(16)18(26)24-17/h3-4,6-9H,2,5,10H2,1H3,(H,23,24,26). The maximum Gasteiger partial charge on any atom is 0.258 e. The Bertz CT molecular complexity index is 1050. The number of aromatic amines is 1. The number of halogens is 3. The van der Waals surface area contributed by atoms with Crippen LogP contribution in [0.25, 0.3) is 10.9 Å². The van der Waals surface area contributed by atoms with Gasteiger partial charge >= 0.3 is 0 Å². The van der Waals surface area contributed by atoms with Gasteiger partial charge in [0.15, 0.2) is 0 Å². The molecule has 1 amide bonds. The second-order valence-electron chi connectivity index (χ2n) is 6.06. The molecule has 0 aliphatic rings. The molecule has 27 heavy (non-hydrogen) atoms. The first-order valence-corrected chi connectivity index (χ1v) is 8.69. The van der Waals surface area contributed by atoms with Crippen molar-refractivity contribution in [2.75, 3.05) is 6.54 Å². The van der Waals surface area contributed by atoms with Crippen molar-refractivity contribution in [1.82, 2.24) is 14.9 Å². The number of H-pyrrole nitrogens is 1. The molecule has 1 aromatic heterocycles. The zero-order valence-electron chi connectivity index (χ0n) is 14.4. The number of carbonyl (C=O) groups excluding carboxylic acids is 1. The SMILES string of the molecule is CCCN(Cc1nc2cc(Cl)ccc2c(=O)[nH]1)C(=O)c1cc(F)cc(F)c1. The van der Waals surface area contributed by atoms with Gasteiger partial charge in [-0.1, -0.05) is 18.5 Å². The fourth-order valence-electron chi connectivity index (χ4n) is 2.80. The third kappa shape index (κ3) is 4.31. The Hall–Kier alpha value is -2.80. The highest BCUT2D eigenvalue weighted by molar-refractivity contribution is 6.31. The van der Waals surface area contributed by atoms with Gasteiger partial charge in [0.05, 0.1) is 17.4 Å². The topological polar surface area (TPSA) is 66.1 Å². The summed E-state index contributed by atoms with van der Waals surface area (Å²) in [5.41, 5.74) is -0.0542. The largest absolute Gasteiger partial charge is 0.331 e. The minimum Gasteiger partial charge on any atom is -0.331 e. The molecule has 0 fully saturated rings. The molecular formula is C19H16ClF2N3O2. The van der Waals surface area contributed by atoms with Gasteiger partial charge in [-0.3, -0.25) is 9.59 Å². The van der Waals surface area contributed by atoms with Crippen LogP contribution in [0.4, 0.5) is 8.78 Å². The van der Waals surface area contributed by atoms with Crippen LogP contribution in [0, 0.1) is 11.6 Å². The number of amides is 1. The maximum absolute atomic E-state index is 13.4. The summed E-state index contributed by atoms with van der Waals surface area (Å²) in [4.78, 5) is 33.3. The van der Waals surface area contributed by atoms with Gasteiger partial charge in [0.1, 0.15) is 17.5 Å². The second kappa shape index (κ2) is 7.84. The first kappa shape index (κ1) is 19.0. The number of benzene rings is 2. The lowest BCUT2D eigenvalue weighted by atomic mass is 10.1. The highest BCUT2D eigenvalue weighted by atomic mass is 35.5. The normalized spacial score (nSPS) is 11.0. The third-order valence-electron chi connectivity index (χ3n) is 3.95. The summed E-state index contributed by atoms with van der Waals surface area (Å²) in [5, 5.41) is 0.812. The quantitative estimate of drug-likeness (QED) is 0.717. The predicted octanol–water partition coefficient (Wildman–Crippen LogP) is 3.91. The number of carbonyl (C=O) groups is 1. The molecule has 140 valence electrons. The zero-order valence-corrected chi connectivity index (χ0v) is 15.2. The van der Waals surface area contributed by atoms with E-state index >= 15 is 0 Å². The van der Waals surface area contributed by atoms with Crippen LogP contribution >= 0.6 is 11.6 Å². The molecule has 0 bridgehead atoms. The van der Waals surface area contributed by atoms with Gasteiger partial charge < -0.3 is 9.88 Å². The van der Waals surface area contributed by atoms with Crippen molar-refractivity contribution >= 4 is 28.4 Å². The van der Waals surface area contributed by atoms with Gasteiger partial charge in [-0.05, 0) is 36.8 Å². The van der Waals surface area contributed by atoms with E-state index in [9.17, 15) is 18.4 Å². The molecule has 2 aromatic carbocycles. The number of hydrogen-bond donors (Lipinski definition) is 1. The lowest BCUT2D eigenvalue weighted by Gasteiger charge is -2.22. The smallest absolute Gasteiger partial charge is 0.258 e. The molecule has 0 radical (unpaired) electrons. The third-order valence-corrected chi connectivity index (χ3v) is 4.18. The summed E-state index contributed by atoms with van der Waals surface area (Å²) in [5.74, 6) is -1.96. The van der Waals surface area contributed by atoms with Crippen molar-refractivity contribution in [3.8, 4) is 0 Å². The van der Waals surface area contributed by atoms with Crippen molar-refractivity contribution in [1.29, 1.82) is 0 Å². The first-order valence-electron chi connectivity index (χ1n) is 8.31. The lowest BCUT2D eigenvalue weighted by Crippen LogP contribution is -2.33. The van der Waals surface area contributed by atoms with E-state index < -0.39 is 17.5 Å². The number of nitrogens with one attached hydrogen (secondary N) is 1.